The Morgan fingerprint density at radius 3 is 2.52 bits per heavy atom. The van der Waals surface area contributed by atoms with Gasteiger partial charge in [-0.2, -0.15) is 5.10 Å². The van der Waals surface area contributed by atoms with Crippen molar-refractivity contribution < 1.29 is 28.2 Å². The largest absolute Gasteiger partial charge is 0.477 e. The highest BCUT2D eigenvalue weighted by molar-refractivity contribution is 5.90. The molecule has 0 saturated carbocycles. The summed E-state index contributed by atoms with van der Waals surface area (Å²) in [7, 11) is 0. The van der Waals surface area contributed by atoms with E-state index in [2.05, 4.69) is 15.1 Å². The van der Waals surface area contributed by atoms with Gasteiger partial charge in [-0.05, 0) is 31.2 Å². The van der Waals surface area contributed by atoms with Gasteiger partial charge >= 0.3 is 11.9 Å². The number of nitrogens with zero attached hydrogens (tertiary/aromatic N) is 4. The second-order valence-corrected chi connectivity index (χ2v) is 6.63. The summed E-state index contributed by atoms with van der Waals surface area (Å²) in [6.45, 7) is 2.82. The van der Waals surface area contributed by atoms with Crippen molar-refractivity contribution in [1.29, 1.82) is 0 Å². The highest BCUT2D eigenvalue weighted by Crippen LogP contribution is 2.32. The Hall–Kier alpha value is -4.21. The normalized spacial score (nSPS) is 11.0. The van der Waals surface area contributed by atoms with Crippen molar-refractivity contribution in [1.82, 2.24) is 19.6 Å². The molecule has 0 aliphatic carbocycles. The Morgan fingerprint density at radius 2 is 1.90 bits per heavy atom. The summed E-state index contributed by atoms with van der Waals surface area (Å²) in [5.41, 5.74) is 1.15. The fourth-order valence-electron chi connectivity index (χ4n) is 3.17. The van der Waals surface area contributed by atoms with E-state index in [4.69, 9.17) is 4.74 Å². The lowest BCUT2D eigenvalue weighted by molar-refractivity contribution is -0.132. The number of carboxylic acid groups (broad SMARTS) is 1. The standard InChI is InChI=1S/C21H14F2N4O4/c1-10-19(14-5-4-13(22)7-15(14)23)20-25-16(8-17(21(29)30)27(20)26-10)12-3-6-18(24-9-12)31-11(2)28/h3-9H,1-2H3,(H,29,30). The molecule has 0 fully saturated rings. The highest BCUT2D eigenvalue weighted by atomic mass is 19.1. The van der Waals surface area contributed by atoms with Crippen LogP contribution < -0.4 is 4.74 Å². The first kappa shape index (κ1) is 20.1. The quantitative estimate of drug-likeness (QED) is 0.498. The molecule has 3 aromatic heterocycles. The van der Waals surface area contributed by atoms with Gasteiger partial charge in [0.25, 0.3) is 0 Å². The number of fused-ring (bicyclic) bond motifs is 1. The average Bonchev–Trinajstić information content (AvgIpc) is 3.03. The number of ether oxygens (including phenoxy) is 1. The number of carbonyl (C=O) groups excluding carboxylic acids is 1. The van der Waals surface area contributed by atoms with Crippen LogP contribution in [0.25, 0.3) is 28.0 Å². The molecule has 1 aromatic carbocycles. The molecule has 0 amide bonds. The molecule has 10 heteroatoms. The zero-order valence-electron chi connectivity index (χ0n) is 16.3. The van der Waals surface area contributed by atoms with Crippen molar-refractivity contribution in [3.8, 4) is 28.3 Å². The Balaban J connectivity index is 1.94. The summed E-state index contributed by atoms with van der Waals surface area (Å²) in [6, 6.07) is 7.37. The van der Waals surface area contributed by atoms with Gasteiger partial charge in [0.05, 0.1) is 17.0 Å². The predicted molar refractivity (Wildman–Crippen MR) is 105 cm³/mol. The van der Waals surface area contributed by atoms with Crippen LogP contribution in [0.3, 0.4) is 0 Å². The molecule has 0 aliphatic rings. The van der Waals surface area contributed by atoms with Crippen molar-refractivity contribution in [3.63, 3.8) is 0 Å². The third kappa shape index (κ3) is 3.70. The number of aromatic nitrogens is 4. The van der Waals surface area contributed by atoms with E-state index >= 15 is 0 Å². The first-order valence-corrected chi connectivity index (χ1v) is 8.98. The number of aromatic carboxylic acids is 1. The van der Waals surface area contributed by atoms with E-state index in [0.29, 0.717) is 11.3 Å². The molecule has 0 spiro atoms. The molecule has 8 nitrogen and oxygen atoms in total. The zero-order chi connectivity index (χ0) is 22.3. The van der Waals surface area contributed by atoms with Gasteiger partial charge in [-0.15, -0.1) is 0 Å². The monoisotopic (exact) mass is 424 g/mol. The van der Waals surface area contributed by atoms with Gasteiger partial charge in [0.1, 0.15) is 11.6 Å². The predicted octanol–water partition coefficient (Wildman–Crippen LogP) is 3.67. The molecule has 0 aliphatic heterocycles. The molecule has 0 saturated heterocycles. The number of aryl methyl sites for hydroxylation is 1. The Labute approximate surface area is 173 Å². The molecule has 0 bridgehead atoms. The lowest BCUT2D eigenvalue weighted by Crippen LogP contribution is -2.08. The number of esters is 1. The maximum absolute atomic E-state index is 14.5. The van der Waals surface area contributed by atoms with E-state index in [1.165, 1.54) is 31.3 Å². The van der Waals surface area contributed by atoms with Crippen molar-refractivity contribution in [2.75, 3.05) is 0 Å². The van der Waals surface area contributed by atoms with Crippen LogP contribution in [0.15, 0.2) is 42.6 Å². The van der Waals surface area contributed by atoms with Crippen molar-refractivity contribution in [2.24, 2.45) is 0 Å². The van der Waals surface area contributed by atoms with Gasteiger partial charge in [-0.25, -0.2) is 28.1 Å². The van der Waals surface area contributed by atoms with Gasteiger partial charge in [0, 0.05) is 36.4 Å². The Bertz CT molecular complexity index is 1350. The topological polar surface area (TPSA) is 107 Å². The fraction of sp³-hybridized carbons (Fsp3) is 0.0952. The van der Waals surface area contributed by atoms with Crippen LogP contribution >= 0.6 is 0 Å². The lowest BCUT2D eigenvalue weighted by atomic mass is 10.1. The number of benzene rings is 1. The van der Waals surface area contributed by atoms with Crippen LogP contribution in [0.4, 0.5) is 8.78 Å². The van der Waals surface area contributed by atoms with E-state index in [0.717, 1.165) is 16.6 Å². The maximum Gasteiger partial charge on any atom is 0.354 e. The van der Waals surface area contributed by atoms with Crippen LogP contribution in [-0.4, -0.2) is 36.6 Å². The Kier molecular flexibility index (Phi) is 4.90. The van der Waals surface area contributed by atoms with Crippen LogP contribution in [0.2, 0.25) is 0 Å². The van der Waals surface area contributed by atoms with Gasteiger partial charge in [-0.3, -0.25) is 4.79 Å². The number of carbonyl (C=O) groups is 2. The van der Waals surface area contributed by atoms with Gasteiger partial charge in [0.2, 0.25) is 5.88 Å². The molecule has 1 N–H and O–H groups in total. The summed E-state index contributed by atoms with van der Waals surface area (Å²) >= 11 is 0. The molecule has 0 atom stereocenters. The summed E-state index contributed by atoms with van der Waals surface area (Å²) in [5, 5.41) is 13.9. The third-order valence-corrected chi connectivity index (χ3v) is 4.46. The van der Waals surface area contributed by atoms with Crippen LogP contribution in [-0.2, 0) is 4.79 Å². The van der Waals surface area contributed by atoms with Crippen LogP contribution in [0.1, 0.15) is 23.1 Å². The molecule has 3 heterocycles. The highest BCUT2D eigenvalue weighted by Gasteiger charge is 2.22. The van der Waals surface area contributed by atoms with Crippen molar-refractivity contribution in [2.45, 2.75) is 13.8 Å². The minimum absolute atomic E-state index is 0.0400. The summed E-state index contributed by atoms with van der Waals surface area (Å²) in [6.07, 6.45) is 1.37. The molecule has 0 radical (unpaired) electrons. The molecule has 4 rings (SSSR count). The van der Waals surface area contributed by atoms with Gasteiger partial charge < -0.3 is 9.84 Å². The molecule has 31 heavy (non-hydrogen) atoms. The minimum Gasteiger partial charge on any atom is -0.477 e. The first-order chi connectivity index (χ1) is 14.7. The first-order valence-electron chi connectivity index (χ1n) is 8.98. The smallest absolute Gasteiger partial charge is 0.354 e. The molecule has 156 valence electrons. The number of hydrogen-bond acceptors (Lipinski definition) is 6. The minimum atomic E-state index is -1.27. The van der Waals surface area contributed by atoms with E-state index in [1.54, 1.807) is 13.0 Å². The number of carboxylic acids is 1. The number of rotatable bonds is 4. The molecule has 0 unspecified atom stereocenters. The molecular formula is C21H14F2N4O4. The molecular weight excluding hydrogens is 410 g/mol. The Morgan fingerprint density at radius 1 is 1.13 bits per heavy atom. The number of halogens is 2. The van der Waals surface area contributed by atoms with Crippen molar-refractivity contribution >= 4 is 17.6 Å². The van der Waals surface area contributed by atoms with Gasteiger partial charge in [0.15, 0.2) is 11.3 Å². The average molecular weight is 424 g/mol. The lowest BCUT2D eigenvalue weighted by Gasteiger charge is -2.08. The molecule has 4 aromatic rings. The zero-order valence-corrected chi connectivity index (χ0v) is 16.3. The van der Waals surface area contributed by atoms with Crippen molar-refractivity contribution in [3.05, 3.63) is 65.6 Å². The maximum atomic E-state index is 14.5. The fourth-order valence-corrected chi connectivity index (χ4v) is 3.17. The summed E-state index contributed by atoms with van der Waals surface area (Å²) < 4.78 is 33.8. The summed E-state index contributed by atoms with van der Waals surface area (Å²) in [4.78, 5) is 31.4. The second-order valence-electron chi connectivity index (χ2n) is 6.63. The van der Waals surface area contributed by atoms with E-state index < -0.39 is 23.6 Å². The number of hydrogen-bond donors (Lipinski definition) is 1. The third-order valence-electron chi connectivity index (χ3n) is 4.46. The van der Waals surface area contributed by atoms with E-state index in [9.17, 15) is 23.5 Å². The second kappa shape index (κ2) is 7.56. The van der Waals surface area contributed by atoms with Crippen LogP contribution in [0, 0.1) is 18.6 Å². The van der Waals surface area contributed by atoms with Crippen LogP contribution in [0.5, 0.6) is 5.88 Å². The number of pyridine rings is 1. The van der Waals surface area contributed by atoms with E-state index in [1.807, 2.05) is 0 Å². The summed E-state index contributed by atoms with van der Waals surface area (Å²) in [5.74, 6) is -3.30. The van der Waals surface area contributed by atoms with E-state index in [-0.39, 0.29) is 34.0 Å². The SMILES string of the molecule is CC(=O)Oc1ccc(-c2cc(C(=O)O)n3nc(C)c(-c4ccc(F)cc4F)c3n2)cn1. The van der Waals surface area contributed by atoms with Gasteiger partial charge in [-0.1, -0.05) is 0 Å².